The number of amides is 1. The second kappa shape index (κ2) is 8.14. The van der Waals surface area contributed by atoms with E-state index in [1.807, 2.05) is 60.0 Å². The molecule has 0 aliphatic carbocycles. The van der Waals surface area contributed by atoms with Crippen molar-refractivity contribution < 1.29 is 14.1 Å². The summed E-state index contributed by atoms with van der Waals surface area (Å²) in [7, 11) is 1.61. The van der Waals surface area contributed by atoms with E-state index in [4.69, 9.17) is 9.26 Å². The van der Waals surface area contributed by atoms with Gasteiger partial charge < -0.3 is 13.8 Å². The second-order valence-corrected chi connectivity index (χ2v) is 6.46. The minimum Gasteiger partial charge on any atom is -0.497 e. The molecule has 8 nitrogen and oxygen atoms in total. The van der Waals surface area contributed by atoms with Gasteiger partial charge in [-0.25, -0.2) is 4.98 Å². The Labute approximate surface area is 167 Å². The molecule has 0 atom stereocenters. The van der Waals surface area contributed by atoms with E-state index in [0.29, 0.717) is 30.6 Å². The average Bonchev–Trinajstić information content (AvgIpc) is 3.36. The van der Waals surface area contributed by atoms with Crippen molar-refractivity contribution >= 4 is 22.9 Å². The zero-order valence-electron chi connectivity index (χ0n) is 16.3. The number of carbonyl (C=O) groups excluding carboxylic acids is 1. The lowest BCUT2D eigenvalue weighted by molar-refractivity contribution is -0.116. The minimum absolute atomic E-state index is 0.154. The van der Waals surface area contributed by atoms with Crippen LogP contribution in [0.25, 0.3) is 22.4 Å². The van der Waals surface area contributed by atoms with Gasteiger partial charge in [0.15, 0.2) is 0 Å². The molecule has 2 aromatic heterocycles. The van der Waals surface area contributed by atoms with E-state index in [1.165, 1.54) is 0 Å². The lowest BCUT2D eigenvalue weighted by Gasteiger charge is -2.06. The number of nitrogens with one attached hydrogen (secondary N) is 1. The van der Waals surface area contributed by atoms with Crippen LogP contribution in [0.3, 0.4) is 0 Å². The highest BCUT2D eigenvalue weighted by Crippen LogP contribution is 2.21. The van der Waals surface area contributed by atoms with E-state index in [0.717, 1.165) is 22.3 Å². The van der Waals surface area contributed by atoms with Gasteiger partial charge in [-0.05, 0) is 43.3 Å². The van der Waals surface area contributed by atoms with Gasteiger partial charge in [0.1, 0.15) is 5.75 Å². The summed E-state index contributed by atoms with van der Waals surface area (Å²) >= 11 is 0. The fourth-order valence-corrected chi connectivity index (χ4v) is 3.11. The molecule has 1 amide bonds. The van der Waals surface area contributed by atoms with Gasteiger partial charge in [-0.15, -0.1) is 0 Å². The maximum absolute atomic E-state index is 12.4. The number of aromatic nitrogens is 4. The SMILES string of the molecule is CCn1c(NC(=O)CCc2nc(-c3ccc(OC)cc3)no2)nc2ccccc21. The van der Waals surface area contributed by atoms with Crippen LogP contribution in [-0.4, -0.2) is 32.7 Å². The van der Waals surface area contributed by atoms with Gasteiger partial charge in [-0.1, -0.05) is 17.3 Å². The summed E-state index contributed by atoms with van der Waals surface area (Å²) in [5.74, 6) is 2.04. The number of para-hydroxylation sites is 2. The normalized spacial score (nSPS) is 11.0. The van der Waals surface area contributed by atoms with Crippen LogP contribution in [0.2, 0.25) is 0 Å². The van der Waals surface area contributed by atoms with Crippen LogP contribution in [0, 0.1) is 0 Å². The van der Waals surface area contributed by atoms with E-state index < -0.39 is 0 Å². The molecule has 0 saturated heterocycles. The smallest absolute Gasteiger partial charge is 0.227 e. The van der Waals surface area contributed by atoms with Gasteiger partial charge in [0.05, 0.1) is 18.1 Å². The molecular formula is C21H21N5O3. The van der Waals surface area contributed by atoms with Gasteiger partial charge in [0.25, 0.3) is 0 Å². The summed E-state index contributed by atoms with van der Waals surface area (Å²) in [6.45, 7) is 2.73. The number of methoxy groups -OCH3 is 1. The molecule has 148 valence electrons. The summed E-state index contributed by atoms with van der Waals surface area (Å²) in [5.41, 5.74) is 2.67. The van der Waals surface area contributed by atoms with Crippen LogP contribution in [0.15, 0.2) is 53.1 Å². The monoisotopic (exact) mass is 391 g/mol. The van der Waals surface area contributed by atoms with Crippen molar-refractivity contribution in [2.24, 2.45) is 0 Å². The number of hydrogen-bond donors (Lipinski definition) is 1. The maximum atomic E-state index is 12.4. The molecule has 2 aromatic carbocycles. The second-order valence-electron chi connectivity index (χ2n) is 6.46. The van der Waals surface area contributed by atoms with Crippen LogP contribution in [0.4, 0.5) is 5.95 Å². The molecule has 4 rings (SSSR count). The summed E-state index contributed by atoms with van der Waals surface area (Å²) in [6, 6.07) is 15.2. The Morgan fingerprint density at radius 3 is 2.69 bits per heavy atom. The van der Waals surface area contributed by atoms with Gasteiger partial charge in [-0.2, -0.15) is 4.98 Å². The Balaban J connectivity index is 1.39. The number of imidazole rings is 1. The predicted octanol–water partition coefficient (Wildman–Crippen LogP) is 3.69. The van der Waals surface area contributed by atoms with Crippen molar-refractivity contribution in [1.82, 2.24) is 19.7 Å². The zero-order chi connectivity index (χ0) is 20.2. The van der Waals surface area contributed by atoms with E-state index in [1.54, 1.807) is 7.11 Å². The molecule has 0 bridgehead atoms. The first-order valence-corrected chi connectivity index (χ1v) is 9.40. The van der Waals surface area contributed by atoms with E-state index >= 15 is 0 Å². The third-order valence-corrected chi connectivity index (χ3v) is 4.60. The quantitative estimate of drug-likeness (QED) is 0.516. The number of carbonyl (C=O) groups is 1. The van der Waals surface area contributed by atoms with Crippen molar-refractivity contribution in [3.63, 3.8) is 0 Å². The minimum atomic E-state index is -0.154. The zero-order valence-corrected chi connectivity index (χ0v) is 16.3. The number of hydrogen-bond acceptors (Lipinski definition) is 6. The highest BCUT2D eigenvalue weighted by Gasteiger charge is 2.14. The molecule has 0 saturated carbocycles. The standard InChI is InChI=1S/C21H21N5O3/c1-3-26-17-7-5-4-6-16(17)22-21(26)23-18(27)12-13-19-24-20(25-29-19)14-8-10-15(28-2)11-9-14/h4-11H,3,12-13H2,1-2H3,(H,22,23,27). The number of rotatable bonds is 7. The van der Waals surface area contributed by atoms with Crippen molar-refractivity contribution in [3.8, 4) is 17.1 Å². The molecule has 0 fully saturated rings. The largest absolute Gasteiger partial charge is 0.497 e. The van der Waals surface area contributed by atoms with E-state index in [-0.39, 0.29) is 12.3 Å². The molecule has 0 aliphatic rings. The first-order valence-electron chi connectivity index (χ1n) is 9.40. The lowest BCUT2D eigenvalue weighted by Crippen LogP contribution is -2.16. The summed E-state index contributed by atoms with van der Waals surface area (Å²) in [5, 5.41) is 6.87. The average molecular weight is 391 g/mol. The number of nitrogens with zero attached hydrogens (tertiary/aromatic N) is 4. The Bertz CT molecular complexity index is 1130. The van der Waals surface area contributed by atoms with E-state index in [2.05, 4.69) is 20.4 Å². The molecule has 29 heavy (non-hydrogen) atoms. The van der Waals surface area contributed by atoms with Crippen molar-refractivity contribution in [2.75, 3.05) is 12.4 Å². The topological polar surface area (TPSA) is 95.1 Å². The summed E-state index contributed by atoms with van der Waals surface area (Å²) in [6.07, 6.45) is 0.568. The lowest BCUT2D eigenvalue weighted by atomic mass is 10.2. The molecule has 8 heteroatoms. The fourth-order valence-electron chi connectivity index (χ4n) is 3.11. The van der Waals surface area contributed by atoms with Crippen molar-refractivity contribution in [2.45, 2.75) is 26.3 Å². The highest BCUT2D eigenvalue weighted by atomic mass is 16.5. The third kappa shape index (κ3) is 3.96. The first kappa shape index (κ1) is 18.7. The highest BCUT2D eigenvalue weighted by molar-refractivity contribution is 5.91. The molecule has 1 N–H and O–H groups in total. The Kier molecular flexibility index (Phi) is 5.24. The van der Waals surface area contributed by atoms with Crippen molar-refractivity contribution in [3.05, 3.63) is 54.4 Å². The molecule has 0 aliphatic heterocycles. The molecule has 4 aromatic rings. The van der Waals surface area contributed by atoms with Crippen molar-refractivity contribution in [1.29, 1.82) is 0 Å². The Morgan fingerprint density at radius 2 is 1.93 bits per heavy atom. The number of anilines is 1. The molecule has 0 radical (unpaired) electrons. The van der Waals surface area contributed by atoms with Crippen LogP contribution in [-0.2, 0) is 17.8 Å². The van der Waals surface area contributed by atoms with Crippen LogP contribution >= 0.6 is 0 Å². The molecule has 0 unspecified atom stereocenters. The maximum Gasteiger partial charge on any atom is 0.227 e. The van der Waals surface area contributed by atoms with Crippen LogP contribution in [0.5, 0.6) is 5.75 Å². The summed E-state index contributed by atoms with van der Waals surface area (Å²) in [4.78, 5) is 21.3. The van der Waals surface area contributed by atoms with Gasteiger partial charge in [0, 0.05) is 24.9 Å². The first-order chi connectivity index (χ1) is 14.2. The Hall–Kier alpha value is -3.68. The molecule has 0 spiro atoms. The van der Waals surface area contributed by atoms with Gasteiger partial charge in [0.2, 0.25) is 23.6 Å². The molecule has 2 heterocycles. The number of fused-ring (bicyclic) bond motifs is 1. The third-order valence-electron chi connectivity index (χ3n) is 4.60. The van der Waals surface area contributed by atoms with Gasteiger partial charge in [-0.3, -0.25) is 10.1 Å². The van der Waals surface area contributed by atoms with E-state index in [9.17, 15) is 4.79 Å². The summed E-state index contributed by atoms with van der Waals surface area (Å²) < 4.78 is 12.4. The molecular weight excluding hydrogens is 370 g/mol. The fraction of sp³-hybridized carbons (Fsp3) is 0.238. The van der Waals surface area contributed by atoms with Crippen LogP contribution < -0.4 is 10.1 Å². The van der Waals surface area contributed by atoms with Gasteiger partial charge >= 0.3 is 0 Å². The number of benzene rings is 2. The number of ether oxygens (including phenoxy) is 1. The van der Waals surface area contributed by atoms with Crippen LogP contribution in [0.1, 0.15) is 19.2 Å². The number of aryl methyl sites for hydroxylation is 2. The predicted molar refractivity (Wildman–Crippen MR) is 109 cm³/mol. The Morgan fingerprint density at radius 1 is 1.14 bits per heavy atom.